The Morgan fingerprint density at radius 1 is 1.48 bits per heavy atom. The molecule has 0 aromatic heterocycles. The summed E-state index contributed by atoms with van der Waals surface area (Å²) in [4.78, 5) is 11.6. The lowest BCUT2D eigenvalue weighted by Gasteiger charge is -2.17. The van der Waals surface area contributed by atoms with Gasteiger partial charge in [0, 0.05) is 19.0 Å². The fourth-order valence-electron chi connectivity index (χ4n) is 2.18. The van der Waals surface area contributed by atoms with Gasteiger partial charge in [-0.1, -0.05) is 18.1 Å². The van der Waals surface area contributed by atoms with Crippen LogP contribution in [0.4, 0.5) is 4.39 Å². The quantitative estimate of drug-likeness (QED) is 0.727. The summed E-state index contributed by atoms with van der Waals surface area (Å²) in [6.45, 7) is 1.88. The molecule has 0 saturated carbocycles. The number of benzene rings is 1. The van der Waals surface area contributed by atoms with Crippen LogP contribution in [-0.4, -0.2) is 30.6 Å². The first-order valence-corrected chi connectivity index (χ1v) is 7.09. The van der Waals surface area contributed by atoms with E-state index in [9.17, 15) is 14.3 Å². The Morgan fingerprint density at radius 3 is 2.90 bits per heavy atom. The first kappa shape index (κ1) is 15.5. The summed E-state index contributed by atoms with van der Waals surface area (Å²) in [5, 5.41) is 15.7. The molecule has 1 aliphatic heterocycles. The summed E-state index contributed by atoms with van der Waals surface area (Å²) in [5.41, 5.74) is 0.557. The number of amides is 1. The Balaban J connectivity index is 1.78. The summed E-state index contributed by atoms with van der Waals surface area (Å²) in [5.74, 6) is 4.95. The number of aliphatic hydroxyl groups excluding tert-OH is 1. The van der Waals surface area contributed by atoms with Gasteiger partial charge in [0.05, 0.1) is 6.10 Å². The maximum atomic E-state index is 12.8. The van der Waals surface area contributed by atoms with Crippen LogP contribution in [0.15, 0.2) is 24.3 Å². The minimum atomic E-state index is -0.868. The third kappa shape index (κ3) is 5.18. The number of carbonyl (C=O) groups excluding carboxylic acids is 1. The lowest BCUT2D eigenvalue weighted by molar-refractivity contribution is -0.116. The van der Waals surface area contributed by atoms with Crippen LogP contribution in [-0.2, 0) is 4.79 Å². The molecule has 1 aromatic carbocycles. The van der Waals surface area contributed by atoms with Crippen LogP contribution < -0.4 is 10.6 Å². The zero-order valence-electron chi connectivity index (χ0n) is 11.7. The van der Waals surface area contributed by atoms with E-state index < -0.39 is 12.0 Å². The number of halogens is 1. The molecule has 0 bridgehead atoms. The fraction of sp³-hybridized carbons (Fsp3) is 0.438. The highest BCUT2D eigenvalue weighted by atomic mass is 19.1. The van der Waals surface area contributed by atoms with Crippen molar-refractivity contribution in [3.05, 3.63) is 35.6 Å². The van der Waals surface area contributed by atoms with E-state index in [0.29, 0.717) is 5.56 Å². The normalized spacial score (nSPS) is 19.2. The maximum absolute atomic E-state index is 12.8. The van der Waals surface area contributed by atoms with Crippen LogP contribution in [0.5, 0.6) is 0 Å². The highest BCUT2D eigenvalue weighted by Gasteiger charge is 2.11. The van der Waals surface area contributed by atoms with Crippen LogP contribution in [0.25, 0.3) is 0 Å². The van der Waals surface area contributed by atoms with Crippen molar-refractivity contribution in [1.29, 1.82) is 0 Å². The fourth-order valence-corrected chi connectivity index (χ4v) is 2.18. The molecule has 1 fully saturated rings. The number of hydrogen-bond donors (Lipinski definition) is 3. The zero-order chi connectivity index (χ0) is 15.1. The van der Waals surface area contributed by atoms with Gasteiger partial charge in [-0.3, -0.25) is 4.79 Å². The predicted molar refractivity (Wildman–Crippen MR) is 77.7 cm³/mol. The molecule has 0 aliphatic carbocycles. The van der Waals surface area contributed by atoms with Crippen molar-refractivity contribution in [2.24, 2.45) is 5.92 Å². The van der Waals surface area contributed by atoms with Gasteiger partial charge in [-0.25, -0.2) is 4.39 Å². The van der Waals surface area contributed by atoms with Crippen molar-refractivity contribution in [1.82, 2.24) is 10.6 Å². The molecule has 0 unspecified atom stereocenters. The van der Waals surface area contributed by atoms with Crippen molar-refractivity contribution in [2.45, 2.75) is 18.9 Å². The maximum Gasteiger partial charge on any atom is 0.295 e. The molecule has 21 heavy (non-hydrogen) atoms. The third-order valence-corrected chi connectivity index (χ3v) is 3.40. The molecular formula is C16H19FN2O2. The molecule has 0 radical (unpaired) electrons. The number of hydrogen-bond acceptors (Lipinski definition) is 3. The molecule has 0 spiro atoms. The monoisotopic (exact) mass is 290 g/mol. The van der Waals surface area contributed by atoms with E-state index in [1.54, 1.807) is 0 Å². The largest absolute Gasteiger partial charge is 0.387 e. The first-order valence-electron chi connectivity index (χ1n) is 7.09. The second-order valence-electron chi connectivity index (χ2n) is 5.09. The van der Waals surface area contributed by atoms with Gasteiger partial charge >= 0.3 is 0 Å². The van der Waals surface area contributed by atoms with Crippen molar-refractivity contribution < 1.29 is 14.3 Å². The number of nitrogens with one attached hydrogen (secondary N) is 2. The first-order chi connectivity index (χ1) is 10.1. The molecule has 1 aliphatic rings. The van der Waals surface area contributed by atoms with E-state index in [4.69, 9.17) is 0 Å². The van der Waals surface area contributed by atoms with Crippen LogP contribution >= 0.6 is 0 Å². The standard InChI is InChI=1S/C16H19FN2O2/c17-14-6-4-13(5-7-14)15(20)11-19-16(21)8-3-12-2-1-9-18-10-12/h4-7,12,15,18,20H,1-2,9-11H2,(H,19,21)/t12-,15+/m1/s1. The second kappa shape index (κ2) is 7.77. The summed E-state index contributed by atoms with van der Waals surface area (Å²) in [7, 11) is 0. The minimum absolute atomic E-state index is 0.0576. The number of aliphatic hydroxyl groups is 1. The van der Waals surface area contributed by atoms with Crippen molar-refractivity contribution in [2.75, 3.05) is 19.6 Å². The highest BCUT2D eigenvalue weighted by molar-refractivity contribution is 5.93. The summed E-state index contributed by atoms with van der Waals surface area (Å²) in [6.07, 6.45) is 1.21. The van der Waals surface area contributed by atoms with Gasteiger partial charge in [-0.15, -0.1) is 0 Å². The van der Waals surface area contributed by atoms with Crippen LogP contribution in [0.1, 0.15) is 24.5 Å². The molecule has 3 N–H and O–H groups in total. The van der Waals surface area contributed by atoms with E-state index in [2.05, 4.69) is 22.5 Å². The Bertz CT molecular complexity index is 527. The van der Waals surface area contributed by atoms with E-state index in [1.807, 2.05) is 0 Å². The molecule has 4 nitrogen and oxygen atoms in total. The van der Waals surface area contributed by atoms with E-state index in [-0.39, 0.29) is 18.3 Å². The predicted octanol–water partition coefficient (Wildman–Crippen LogP) is 0.978. The van der Waals surface area contributed by atoms with E-state index in [1.165, 1.54) is 24.3 Å². The topological polar surface area (TPSA) is 61.4 Å². The minimum Gasteiger partial charge on any atom is -0.387 e. The molecule has 2 atom stereocenters. The SMILES string of the molecule is O=C(C#C[C@H]1CCCNC1)NC[C@H](O)c1ccc(F)cc1. The zero-order valence-corrected chi connectivity index (χ0v) is 11.7. The van der Waals surface area contributed by atoms with Crippen LogP contribution in [0, 0.1) is 23.6 Å². The lowest BCUT2D eigenvalue weighted by atomic mass is 10.0. The molecule has 1 amide bonds. The smallest absolute Gasteiger partial charge is 0.295 e. The molecule has 1 aromatic rings. The average molecular weight is 290 g/mol. The lowest BCUT2D eigenvalue weighted by Crippen LogP contribution is -2.30. The van der Waals surface area contributed by atoms with Crippen molar-refractivity contribution >= 4 is 5.91 Å². The summed E-state index contributed by atoms with van der Waals surface area (Å²) >= 11 is 0. The number of carbonyl (C=O) groups is 1. The Kier molecular flexibility index (Phi) is 5.73. The summed E-state index contributed by atoms with van der Waals surface area (Å²) < 4.78 is 12.8. The van der Waals surface area contributed by atoms with Crippen LogP contribution in [0.2, 0.25) is 0 Å². The number of rotatable bonds is 3. The molecular weight excluding hydrogens is 271 g/mol. The molecule has 112 valence electrons. The molecule has 2 rings (SSSR count). The number of piperidine rings is 1. The molecule has 1 saturated heterocycles. The van der Waals surface area contributed by atoms with Crippen molar-refractivity contribution in [3.8, 4) is 11.8 Å². The second-order valence-corrected chi connectivity index (χ2v) is 5.09. The van der Waals surface area contributed by atoms with Gasteiger partial charge in [0.1, 0.15) is 5.82 Å². The summed E-state index contributed by atoms with van der Waals surface area (Å²) in [6, 6.07) is 5.53. The van der Waals surface area contributed by atoms with Crippen molar-refractivity contribution in [3.63, 3.8) is 0 Å². The molecule has 5 heteroatoms. The Hall–Kier alpha value is -1.90. The van der Waals surface area contributed by atoms with Gasteiger partial charge in [0.15, 0.2) is 0 Å². The van der Waals surface area contributed by atoms with E-state index in [0.717, 1.165) is 25.9 Å². The van der Waals surface area contributed by atoms with Gasteiger partial charge in [-0.2, -0.15) is 0 Å². The Labute approximate surface area is 123 Å². The van der Waals surface area contributed by atoms with E-state index >= 15 is 0 Å². The van der Waals surface area contributed by atoms with Crippen LogP contribution in [0.3, 0.4) is 0 Å². The third-order valence-electron chi connectivity index (χ3n) is 3.40. The molecule has 1 heterocycles. The Morgan fingerprint density at radius 2 is 2.24 bits per heavy atom. The highest BCUT2D eigenvalue weighted by Crippen LogP contribution is 2.12. The van der Waals surface area contributed by atoms with Gasteiger partial charge in [-0.05, 0) is 43.0 Å². The average Bonchev–Trinajstić information content (AvgIpc) is 2.52. The van der Waals surface area contributed by atoms with Gasteiger partial charge in [0.2, 0.25) is 0 Å². The van der Waals surface area contributed by atoms with Gasteiger partial charge < -0.3 is 15.7 Å². The van der Waals surface area contributed by atoms with Gasteiger partial charge in [0.25, 0.3) is 5.91 Å².